The van der Waals surface area contributed by atoms with E-state index in [1.807, 2.05) is 0 Å². The van der Waals surface area contributed by atoms with Crippen molar-refractivity contribution in [3.05, 3.63) is 47.4 Å². The number of rotatable bonds is 5. The topological polar surface area (TPSA) is 123 Å². The number of amides is 2. The van der Waals surface area contributed by atoms with E-state index in [-0.39, 0.29) is 29.7 Å². The average Bonchev–Trinajstić information content (AvgIpc) is 3.21. The van der Waals surface area contributed by atoms with Crippen LogP contribution in [0.1, 0.15) is 23.3 Å². The molecule has 0 aliphatic carbocycles. The fourth-order valence-corrected chi connectivity index (χ4v) is 3.67. The third-order valence-corrected chi connectivity index (χ3v) is 5.63. The van der Waals surface area contributed by atoms with Crippen molar-refractivity contribution in [2.75, 3.05) is 11.9 Å². The summed E-state index contributed by atoms with van der Waals surface area (Å²) in [7, 11) is -3.89. The summed E-state index contributed by atoms with van der Waals surface area (Å²) in [5.41, 5.74) is 1.81. The van der Waals surface area contributed by atoms with E-state index >= 15 is 0 Å². The van der Waals surface area contributed by atoms with Crippen LogP contribution < -0.4 is 10.5 Å². The van der Waals surface area contributed by atoms with Gasteiger partial charge in [0.15, 0.2) is 0 Å². The number of furan rings is 1. The van der Waals surface area contributed by atoms with Gasteiger partial charge in [0.2, 0.25) is 21.8 Å². The number of primary sulfonamides is 1. The number of benzene rings is 1. The fraction of sp³-hybridized carbons (Fsp3) is 0.333. The zero-order chi connectivity index (χ0) is 19.8. The Morgan fingerprint density at radius 3 is 2.74 bits per heavy atom. The van der Waals surface area contributed by atoms with Gasteiger partial charge in [0.05, 0.1) is 23.6 Å². The number of carbonyl (C=O) groups is 2. The van der Waals surface area contributed by atoms with E-state index in [1.165, 1.54) is 18.4 Å². The largest absolute Gasteiger partial charge is 0.467 e. The van der Waals surface area contributed by atoms with Crippen LogP contribution in [0.15, 0.2) is 39.8 Å². The Kier molecular flexibility index (Phi) is 5.07. The van der Waals surface area contributed by atoms with Crippen molar-refractivity contribution >= 4 is 27.5 Å². The number of nitrogens with zero attached hydrogens (tertiary/aromatic N) is 1. The summed E-state index contributed by atoms with van der Waals surface area (Å²) in [5, 5.41) is 7.94. The van der Waals surface area contributed by atoms with Gasteiger partial charge in [-0.15, -0.1) is 0 Å². The monoisotopic (exact) mass is 391 g/mol. The van der Waals surface area contributed by atoms with Gasteiger partial charge in [-0.2, -0.15) is 0 Å². The molecule has 1 fully saturated rings. The molecule has 2 aromatic rings. The van der Waals surface area contributed by atoms with Gasteiger partial charge >= 0.3 is 0 Å². The lowest BCUT2D eigenvalue weighted by molar-refractivity contribution is -0.128. The molecule has 9 heteroatoms. The molecule has 1 atom stereocenters. The first kappa shape index (κ1) is 19.1. The molecule has 27 heavy (non-hydrogen) atoms. The van der Waals surface area contributed by atoms with Crippen LogP contribution in [-0.2, 0) is 26.2 Å². The van der Waals surface area contributed by atoms with Gasteiger partial charge in [0.1, 0.15) is 5.76 Å². The molecule has 0 bridgehead atoms. The molecule has 3 N–H and O–H groups in total. The van der Waals surface area contributed by atoms with Crippen molar-refractivity contribution in [2.45, 2.75) is 31.7 Å². The Hall–Kier alpha value is -2.65. The highest BCUT2D eigenvalue weighted by Crippen LogP contribution is 2.26. The maximum atomic E-state index is 12.6. The predicted octanol–water partition coefficient (Wildman–Crippen LogP) is 1.53. The van der Waals surface area contributed by atoms with E-state index in [4.69, 9.17) is 9.56 Å². The predicted molar refractivity (Wildman–Crippen MR) is 98.2 cm³/mol. The Balaban J connectivity index is 1.74. The van der Waals surface area contributed by atoms with E-state index < -0.39 is 15.9 Å². The summed E-state index contributed by atoms with van der Waals surface area (Å²) < 4.78 is 28.5. The second-order valence-electron chi connectivity index (χ2n) is 6.70. The molecule has 3 rings (SSSR count). The number of likely N-dealkylation sites (tertiary alicyclic amines) is 1. The van der Waals surface area contributed by atoms with Gasteiger partial charge in [0.25, 0.3) is 0 Å². The van der Waals surface area contributed by atoms with Crippen molar-refractivity contribution in [1.82, 2.24) is 4.90 Å². The zero-order valence-electron chi connectivity index (χ0n) is 15.1. The van der Waals surface area contributed by atoms with E-state index in [9.17, 15) is 18.0 Å². The molecular formula is C18H21N3O5S. The fourth-order valence-electron chi connectivity index (χ4n) is 3.05. The lowest BCUT2D eigenvalue weighted by atomic mass is 10.1. The van der Waals surface area contributed by atoms with Crippen LogP contribution in [0, 0.1) is 19.8 Å². The molecule has 2 amide bonds. The van der Waals surface area contributed by atoms with Gasteiger partial charge < -0.3 is 14.6 Å². The van der Waals surface area contributed by atoms with E-state index in [0.717, 1.165) is 5.56 Å². The number of nitrogens with two attached hydrogens (primary N) is 1. The van der Waals surface area contributed by atoms with E-state index in [0.29, 0.717) is 23.6 Å². The van der Waals surface area contributed by atoms with Crippen molar-refractivity contribution in [3.8, 4) is 0 Å². The van der Waals surface area contributed by atoms with E-state index in [1.54, 1.807) is 30.9 Å². The van der Waals surface area contributed by atoms with E-state index in [2.05, 4.69) is 5.32 Å². The highest BCUT2D eigenvalue weighted by atomic mass is 32.2. The second-order valence-corrected chi connectivity index (χ2v) is 8.26. The molecule has 2 heterocycles. The summed E-state index contributed by atoms with van der Waals surface area (Å²) in [4.78, 5) is 26.3. The normalized spacial score (nSPS) is 17.4. The van der Waals surface area contributed by atoms with Crippen molar-refractivity contribution in [2.24, 2.45) is 11.1 Å². The summed E-state index contributed by atoms with van der Waals surface area (Å²) in [6, 6.07) is 6.31. The first-order chi connectivity index (χ1) is 12.6. The average molecular weight is 391 g/mol. The molecule has 1 aromatic carbocycles. The Morgan fingerprint density at radius 1 is 1.37 bits per heavy atom. The smallest absolute Gasteiger partial charge is 0.238 e. The first-order valence-corrected chi connectivity index (χ1v) is 9.95. The number of sulfonamides is 1. The molecule has 0 saturated carbocycles. The molecule has 1 saturated heterocycles. The molecule has 8 nitrogen and oxygen atoms in total. The molecule has 1 aromatic heterocycles. The lowest BCUT2D eigenvalue weighted by Gasteiger charge is -2.16. The molecule has 1 aliphatic heterocycles. The molecule has 0 spiro atoms. The molecule has 1 unspecified atom stereocenters. The quantitative estimate of drug-likeness (QED) is 0.800. The third-order valence-electron chi connectivity index (χ3n) is 4.74. The lowest BCUT2D eigenvalue weighted by Crippen LogP contribution is -2.28. The van der Waals surface area contributed by atoms with Gasteiger partial charge in [-0.25, -0.2) is 13.6 Å². The summed E-state index contributed by atoms with van der Waals surface area (Å²) in [6.45, 7) is 4.11. The number of nitrogens with one attached hydrogen (secondary N) is 1. The van der Waals surface area contributed by atoms with Crippen molar-refractivity contribution < 1.29 is 22.4 Å². The number of anilines is 1. The van der Waals surface area contributed by atoms with Crippen molar-refractivity contribution in [1.29, 1.82) is 0 Å². The minimum Gasteiger partial charge on any atom is -0.467 e. The molecule has 1 aliphatic rings. The minimum absolute atomic E-state index is 0.0668. The van der Waals surface area contributed by atoms with Gasteiger partial charge in [-0.05, 0) is 49.2 Å². The Labute approximate surface area is 157 Å². The number of aryl methyl sites for hydroxylation is 1. The third kappa shape index (κ3) is 4.20. The maximum absolute atomic E-state index is 12.6. The van der Waals surface area contributed by atoms with Gasteiger partial charge in [-0.1, -0.05) is 0 Å². The van der Waals surface area contributed by atoms with Crippen LogP contribution in [0.2, 0.25) is 0 Å². The molecular weight excluding hydrogens is 370 g/mol. The first-order valence-electron chi connectivity index (χ1n) is 8.40. The van der Waals surface area contributed by atoms with Crippen LogP contribution in [0.5, 0.6) is 0 Å². The number of hydrogen-bond acceptors (Lipinski definition) is 5. The highest BCUT2D eigenvalue weighted by Gasteiger charge is 2.35. The minimum atomic E-state index is -3.89. The van der Waals surface area contributed by atoms with Gasteiger partial charge in [0, 0.05) is 18.7 Å². The standard InChI is InChI=1S/C18H21N3O5S/c1-11-6-15(27(19,24)25)8-16(12(11)2)20-18(23)13-7-17(22)21(9-13)10-14-4-3-5-26-14/h3-6,8,13H,7,9-10H2,1-2H3,(H,20,23)(H2,19,24,25). The number of hydrogen-bond donors (Lipinski definition) is 2. The summed E-state index contributed by atoms with van der Waals surface area (Å²) in [6.07, 6.45) is 1.63. The Morgan fingerprint density at radius 2 is 2.11 bits per heavy atom. The SMILES string of the molecule is Cc1cc(S(N)(=O)=O)cc(NC(=O)C2CC(=O)N(Cc3ccco3)C2)c1C. The van der Waals surface area contributed by atoms with Crippen LogP contribution in [-0.4, -0.2) is 31.7 Å². The Bertz CT molecular complexity index is 983. The van der Waals surface area contributed by atoms with Crippen LogP contribution in [0.25, 0.3) is 0 Å². The maximum Gasteiger partial charge on any atom is 0.238 e. The molecule has 0 radical (unpaired) electrons. The number of carbonyl (C=O) groups excluding carboxylic acids is 2. The van der Waals surface area contributed by atoms with Crippen LogP contribution in [0.4, 0.5) is 5.69 Å². The second kappa shape index (κ2) is 7.16. The zero-order valence-corrected chi connectivity index (χ0v) is 15.9. The molecule has 144 valence electrons. The summed E-state index contributed by atoms with van der Waals surface area (Å²) in [5.74, 6) is -0.334. The van der Waals surface area contributed by atoms with Gasteiger partial charge in [-0.3, -0.25) is 9.59 Å². The summed E-state index contributed by atoms with van der Waals surface area (Å²) >= 11 is 0. The van der Waals surface area contributed by atoms with Crippen LogP contribution in [0.3, 0.4) is 0 Å². The van der Waals surface area contributed by atoms with Crippen molar-refractivity contribution in [3.63, 3.8) is 0 Å². The van der Waals surface area contributed by atoms with Crippen LogP contribution >= 0.6 is 0 Å². The highest BCUT2D eigenvalue weighted by molar-refractivity contribution is 7.89.